The first kappa shape index (κ1) is 18.5. The second kappa shape index (κ2) is 7.80. The summed E-state index contributed by atoms with van der Waals surface area (Å²) in [6.07, 6.45) is 4.90. The lowest BCUT2D eigenvalue weighted by Gasteiger charge is -2.40. The van der Waals surface area contributed by atoms with Crippen molar-refractivity contribution in [3.63, 3.8) is 0 Å². The minimum Gasteiger partial charge on any atom is -0.444 e. The quantitative estimate of drug-likeness (QED) is 0.762. The Balaban J connectivity index is 2.11. The fourth-order valence-electron chi connectivity index (χ4n) is 2.84. The van der Waals surface area contributed by atoms with E-state index in [4.69, 9.17) is 16.3 Å². The van der Waals surface area contributed by atoms with Gasteiger partial charge in [-0.1, -0.05) is 23.7 Å². The zero-order chi connectivity index (χ0) is 17.0. The Morgan fingerprint density at radius 2 is 1.96 bits per heavy atom. The normalized spacial score (nSPS) is 22.0. The molecule has 23 heavy (non-hydrogen) atoms. The highest BCUT2D eigenvalue weighted by atomic mass is 35.5. The lowest BCUT2D eigenvalue weighted by molar-refractivity contribution is 0.0106. The topological polar surface area (TPSA) is 29.5 Å². The second-order valence-corrected chi connectivity index (χ2v) is 8.63. The van der Waals surface area contributed by atoms with Gasteiger partial charge in [-0.05, 0) is 64.0 Å². The van der Waals surface area contributed by atoms with Crippen molar-refractivity contribution < 1.29 is 9.53 Å². The number of piperidine rings is 1. The molecule has 0 radical (unpaired) electrons. The number of benzene rings is 1. The van der Waals surface area contributed by atoms with Gasteiger partial charge < -0.3 is 9.64 Å². The molecule has 0 aliphatic carbocycles. The van der Waals surface area contributed by atoms with Crippen molar-refractivity contribution in [2.24, 2.45) is 0 Å². The summed E-state index contributed by atoms with van der Waals surface area (Å²) < 4.78 is 5.61. The number of nitrogens with zero attached hydrogens (tertiary/aromatic N) is 1. The molecule has 0 bridgehead atoms. The molecule has 0 spiro atoms. The maximum Gasteiger partial charge on any atom is 0.410 e. The van der Waals surface area contributed by atoms with Crippen LogP contribution in [0, 0.1) is 0 Å². The number of thioether (sulfide) groups is 1. The summed E-state index contributed by atoms with van der Waals surface area (Å²) in [6, 6.07) is 8.08. The van der Waals surface area contributed by atoms with Crippen molar-refractivity contribution in [1.82, 2.24) is 4.90 Å². The molecule has 0 unspecified atom stereocenters. The van der Waals surface area contributed by atoms with E-state index >= 15 is 0 Å². The molecule has 1 aromatic carbocycles. The Morgan fingerprint density at radius 3 is 2.52 bits per heavy atom. The minimum atomic E-state index is -0.464. The van der Waals surface area contributed by atoms with Crippen LogP contribution in [0.1, 0.15) is 39.2 Å². The van der Waals surface area contributed by atoms with Gasteiger partial charge in [-0.15, -0.1) is 0 Å². The van der Waals surface area contributed by atoms with Crippen molar-refractivity contribution in [3.8, 4) is 0 Å². The minimum absolute atomic E-state index is 0.189. The molecule has 1 aliphatic rings. The number of hydrogen-bond acceptors (Lipinski definition) is 3. The molecule has 1 fully saturated rings. The van der Waals surface area contributed by atoms with E-state index in [1.54, 1.807) is 0 Å². The zero-order valence-electron chi connectivity index (χ0n) is 14.3. The third kappa shape index (κ3) is 5.61. The summed E-state index contributed by atoms with van der Waals surface area (Å²) in [5.74, 6) is 0. The van der Waals surface area contributed by atoms with Crippen LogP contribution >= 0.6 is 23.4 Å². The van der Waals surface area contributed by atoms with Crippen molar-refractivity contribution in [3.05, 3.63) is 34.9 Å². The molecule has 1 saturated heterocycles. The highest BCUT2D eigenvalue weighted by molar-refractivity contribution is 7.99. The molecule has 3 nitrogen and oxygen atoms in total. The summed E-state index contributed by atoms with van der Waals surface area (Å²) in [4.78, 5) is 14.5. The van der Waals surface area contributed by atoms with Crippen LogP contribution < -0.4 is 0 Å². The Kier molecular flexibility index (Phi) is 6.26. The van der Waals surface area contributed by atoms with Crippen LogP contribution in [0.3, 0.4) is 0 Å². The van der Waals surface area contributed by atoms with Gasteiger partial charge >= 0.3 is 6.09 Å². The van der Waals surface area contributed by atoms with Crippen molar-refractivity contribution in [1.29, 1.82) is 0 Å². The molecule has 1 aliphatic heterocycles. The van der Waals surface area contributed by atoms with Gasteiger partial charge in [-0.25, -0.2) is 4.79 Å². The molecule has 1 amide bonds. The lowest BCUT2D eigenvalue weighted by Crippen LogP contribution is -2.50. The van der Waals surface area contributed by atoms with E-state index in [0.29, 0.717) is 5.25 Å². The van der Waals surface area contributed by atoms with Gasteiger partial charge in [0.15, 0.2) is 0 Å². The standard InChI is InChI=1S/C18H26ClNO2S/c1-18(2,3)22-17(21)20-12-16(23-4)10-9-15(20)11-13-5-7-14(19)8-6-13/h5-8,15-16H,9-12H2,1-4H3/t15-,16-/m1/s1. The molecule has 2 atom stereocenters. The van der Waals surface area contributed by atoms with Crippen LogP contribution in [-0.4, -0.2) is 40.7 Å². The zero-order valence-corrected chi connectivity index (χ0v) is 15.9. The first-order chi connectivity index (χ1) is 10.8. The molecule has 128 valence electrons. The Hall–Kier alpha value is -0.870. The van der Waals surface area contributed by atoms with E-state index < -0.39 is 5.60 Å². The van der Waals surface area contributed by atoms with Gasteiger partial charge in [0, 0.05) is 22.9 Å². The molecule has 1 heterocycles. The van der Waals surface area contributed by atoms with Crippen LogP contribution in [0.25, 0.3) is 0 Å². The largest absolute Gasteiger partial charge is 0.444 e. The van der Waals surface area contributed by atoms with Crippen molar-refractivity contribution >= 4 is 29.5 Å². The molecule has 0 N–H and O–H groups in total. The molecular weight excluding hydrogens is 330 g/mol. The number of ether oxygens (including phenoxy) is 1. The van der Waals surface area contributed by atoms with Crippen LogP contribution in [0.15, 0.2) is 24.3 Å². The summed E-state index contributed by atoms with van der Waals surface area (Å²) in [6.45, 7) is 6.49. The molecule has 5 heteroatoms. The summed E-state index contributed by atoms with van der Waals surface area (Å²) in [5, 5.41) is 1.23. The molecular formula is C18H26ClNO2S. The third-order valence-corrected chi connectivity index (χ3v) is 5.31. The van der Waals surface area contributed by atoms with E-state index in [2.05, 4.69) is 6.26 Å². The Labute approximate surface area is 148 Å². The van der Waals surface area contributed by atoms with E-state index in [1.807, 2.05) is 61.7 Å². The van der Waals surface area contributed by atoms with E-state index in [-0.39, 0.29) is 12.1 Å². The molecule has 0 aromatic heterocycles. The lowest BCUT2D eigenvalue weighted by atomic mass is 9.96. The van der Waals surface area contributed by atoms with E-state index in [0.717, 1.165) is 30.8 Å². The third-order valence-electron chi connectivity index (χ3n) is 4.01. The first-order valence-corrected chi connectivity index (χ1v) is 9.72. The van der Waals surface area contributed by atoms with Crippen LogP contribution in [0.2, 0.25) is 5.02 Å². The number of hydrogen-bond donors (Lipinski definition) is 0. The Morgan fingerprint density at radius 1 is 1.30 bits per heavy atom. The van der Waals surface area contributed by atoms with Gasteiger partial charge in [0.05, 0.1) is 0 Å². The van der Waals surface area contributed by atoms with Gasteiger partial charge in [0.1, 0.15) is 5.60 Å². The summed E-state index contributed by atoms with van der Waals surface area (Å²) in [7, 11) is 0. The van der Waals surface area contributed by atoms with Crippen LogP contribution in [-0.2, 0) is 11.2 Å². The molecule has 1 aromatic rings. The summed E-state index contributed by atoms with van der Waals surface area (Å²) in [5.41, 5.74) is 0.740. The maximum atomic E-state index is 12.6. The smallest absolute Gasteiger partial charge is 0.410 e. The van der Waals surface area contributed by atoms with Crippen LogP contribution in [0.5, 0.6) is 0 Å². The molecule has 0 saturated carbocycles. The summed E-state index contributed by atoms with van der Waals surface area (Å²) >= 11 is 7.79. The first-order valence-electron chi connectivity index (χ1n) is 8.05. The monoisotopic (exact) mass is 355 g/mol. The van der Waals surface area contributed by atoms with Gasteiger partial charge in [0.25, 0.3) is 0 Å². The molecule has 2 rings (SSSR count). The average Bonchev–Trinajstić information content (AvgIpc) is 2.48. The fraction of sp³-hybridized carbons (Fsp3) is 0.611. The predicted octanol–water partition coefficient (Wildman–Crippen LogP) is 5.01. The number of amides is 1. The Bertz CT molecular complexity index is 527. The number of carbonyl (C=O) groups is 1. The maximum absolute atomic E-state index is 12.6. The number of likely N-dealkylation sites (tertiary alicyclic amines) is 1. The predicted molar refractivity (Wildman–Crippen MR) is 98.4 cm³/mol. The van der Waals surface area contributed by atoms with Crippen molar-refractivity contribution in [2.75, 3.05) is 12.8 Å². The van der Waals surface area contributed by atoms with Gasteiger partial charge in [-0.2, -0.15) is 11.8 Å². The van der Waals surface area contributed by atoms with Gasteiger partial charge in [0.2, 0.25) is 0 Å². The number of rotatable bonds is 3. The highest BCUT2D eigenvalue weighted by Crippen LogP contribution is 2.28. The van der Waals surface area contributed by atoms with Crippen molar-refractivity contribution in [2.45, 2.75) is 56.9 Å². The number of carbonyl (C=O) groups excluding carboxylic acids is 1. The van der Waals surface area contributed by atoms with E-state index in [9.17, 15) is 4.79 Å². The highest BCUT2D eigenvalue weighted by Gasteiger charge is 2.34. The number of halogens is 1. The average molecular weight is 356 g/mol. The second-order valence-electron chi connectivity index (χ2n) is 7.05. The van der Waals surface area contributed by atoms with Crippen LogP contribution in [0.4, 0.5) is 4.79 Å². The van der Waals surface area contributed by atoms with Gasteiger partial charge in [-0.3, -0.25) is 0 Å². The van der Waals surface area contributed by atoms with E-state index in [1.165, 1.54) is 5.56 Å². The SMILES string of the molecule is CS[C@@H]1CC[C@H](Cc2ccc(Cl)cc2)N(C(=O)OC(C)(C)C)C1. The fourth-order valence-corrected chi connectivity index (χ4v) is 3.64.